The molecule has 2 aliphatic rings. The third kappa shape index (κ3) is 4.88. The average molecular weight is 485 g/mol. The van der Waals surface area contributed by atoms with Gasteiger partial charge < -0.3 is 14.1 Å². The first-order valence-corrected chi connectivity index (χ1v) is 13.2. The Morgan fingerprint density at radius 3 is 2.53 bits per heavy atom. The summed E-state index contributed by atoms with van der Waals surface area (Å²) in [5.74, 6) is 3.28. The maximum atomic E-state index is 6.34. The highest BCUT2D eigenvalue weighted by molar-refractivity contribution is 7.99. The molecule has 2 aromatic carbocycles. The lowest BCUT2D eigenvalue weighted by Crippen LogP contribution is -2.16. The van der Waals surface area contributed by atoms with E-state index in [-0.39, 0.29) is 0 Å². The summed E-state index contributed by atoms with van der Waals surface area (Å²) in [6, 6.07) is 16.3. The van der Waals surface area contributed by atoms with Crippen LogP contribution >= 0.6 is 35.1 Å². The Morgan fingerprint density at radius 2 is 1.84 bits per heavy atom. The molecule has 0 saturated carbocycles. The molecule has 1 aromatic heterocycles. The molecule has 0 amide bonds. The molecule has 7 heteroatoms. The lowest BCUT2D eigenvalue weighted by atomic mass is 10.0. The normalized spacial score (nSPS) is 17.1. The first-order valence-electron chi connectivity index (χ1n) is 10.8. The van der Waals surface area contributed by atoms with E-state index < -0.39 is 0 Å². The fourth-order valence-electron chi connectivity index (χ4n) is 3.93. The number of halogens is 1. The molecule has 0 N–H and O–H groups in total. The van der Waals surface area contributed by atoms with E-state index in [1.165, 1.54) is 0 Å². The molecule has 2 fully saturated rings. The van der Waals surface area contributed by atoms with Crippen LogP contribution in [-0.4, -0.2) is 41.3 Å². The fourth-order valence-corrected chi connectivity index (χ4v) is 5.92. The molecule has 4 nitrogen and oxygen atoms in total. The van der Waals surface area contributed by atoms with Crippen molar-refractivity contribution in [1.29, 1.82) is 0 Å². The average Bonchev–Trinajstić information content (AvgIpc) is 3.52. The topological polar surface area (TPSA) is 38.5 Å². The Hall–Kier alpha value is -1.86. The van der Waals surface area contributed by atoms with Gasteiger partial charge in [-0.25, -0.2) is 4.98 Å². The van der Waals surface area contributed by atoms with Crippen LogP contribution in [0.4, 0.5) is 0 Å². The number of benzene rings is 2. The Morgan fingerprint density at radius 1 is 1.09 bits per heavy atom. The second kappa shape index (κ2) is 9.96. The van der Waals surface area contributed by atoms with Gasteiger partial charge >= 0.3 is 0 Å². The molecule has 0 spiro atoms. The Balaban J connectivity index is 1.44. The standard InChI is InChI=1S/C25H25ClN2O2S2/c1-17(28-12-15-31-16-28)18-2-4-19(5-3-18)23-25(32-22-8-6-21(26)7-9-22)30-24(27-23)20-10-13-29-14-11-20/h2-9,20H,1,10-16H2. The number of hydrogen-bond donors (Lipinski definition) is 0. The summed E-state index contributed by atoms with van der Waals surface area (Å²) < 4.78 is 11.9. The van der Waals surface area contributed by atoms with Gasteiger partial charge in [-0.1, -0.05) is 42.4 Å². The van der Waals surface area contributed by atoms with E-state index in [0.717, 1.165) is 87.6 Å². The van der Waals surface area contributed by atoms with Gasteiger partial charge in [0, 0.05) is 52.6 Å². The maximum Gasteiger partial charge on any atom is 0.199 e. The molecule has 3 heterocycles. The number of rotatable bonds is 6. The van der Waals surface area contributed by atoms with Gasteiger partial charge in [0.15, 0.2) is 11.0 Å². The summed E-state index contributed by atoms with van der Waals surface area (Å²) in [5, 5.41) is 1.54. The number of ether oxygens (including phenoxy) is 1. The molecule has 166 valence electrons. The molecule has 0 bridgehead atoms. The molecule has 32 heavy (non-hydrogen) atoms. The zero-order valence-corrected chi connectivity index (χ0v) is 20.1. The number of oxazole rings is 1. The van der Waals surface area contributed by atoms with Gasteiger partial charge in [-0.2, -0.15) is 0 Å². The molecule has 2 saturated heterocycles. The van der Waals surface area contributed by atoms with Crippen LogP contribution in [0.2, 0.25) is 5.02 Å². The van der Waals surface area contributed by atoms with E-state index in [1.807, 2.05) is 36.0 Å². The molecule has 0 atom stereocenters. The van der Waals surface area contributed by atoms with Crippen molar-refractivity contribution < 1.29 is 9.15 Å². The van der Waals surface area contributed by atoms with E-state index in [1.54, 1.807) is 11.8 Å². The van der Waals surface area contributed by atoms with E-state index in [2.05, 4.69) is 35.7 Å². The lowest BCUT2D eigenvalue weighted by Gasteiger charge is -2.19. The van der Waals surface area contributed by atoms with Crippen molar-refractivity contribution in [3.05, 3.63) is 71.6 Å². The van der Waals surface area contributed by atoms with Crippen molar-refractivity contribution in [1.82, 2.24) is 9.88 Å². The van der Waals surface area contributed by atoms with E-state index in [9.17, 15) is 0 Å². The van der Waals surface area contributed by atoms with Gasteiger partial charge in [0.1, 0.15) is 5.69 Å². The highest BCUT2D eigenvalue weighted by Crippen LogP contribution is 2.40. The second-order valence-electron chi connectivity index (χ2n) is 7.96. The minimum absolute atomic E-state index is 0.300. The second-order valence-corrected chi connectivity index (χ2v) is 10.5. The molecule has 5 rings (SSSR count). The van der Waals surface area contributed by atoms with Gasteiger partial charge in [-0.15, -0.1) is 11.8 Å². The van der Waals surface area contributed by atoms with E-state index in [4.69, 9.17) is 25.7 Å². The number of nitrogens with zero attached hydrogens (tertiary/aromatic N) is 2. The van der Waals surface area contributed by atoms with Gasteiger partial charge in [0.25, 0.3) is 0 Å². The van der Waals surface area contributed by atoms with Crippen LogP contribution in [0, 0.1) is 0 Å². The van der Waals surface area contributed by atoms with Gasteiger partial charge in [-0.3, -0.25) is 0 Å². The first-order chi connectivity index (χ1) is 15.7. The van der Waals surface area contributed by atoms with Crippen molar-refractivity contribution in [3.63, 3.8) is 0 Å². The van der Waals surface area contributed by atoms with Crippen molar-refractivity contribution >= 4 is 40.8 Å². The third-order valence-electron chi connectivity index (χ3n) is 5.83. The first kappa shape index (κ1) is 22.0. The largest absolute Gasteiger partial charge is 0.433 e. The highest BCUT2D eigenvalue weighted by atomic mass is 35.5. The number of thioether (sulfide) groups is 1. The smallest absolute Gasteiger partial charge is 0.199 e. The summed E-state index contributed by atoms with van der Waals surface area (Å²) >= 11 is 9.60. The Bertz CT molecular complexity index is 1070. The van der Waals surface area contributed by atoms with Gasteiger partial charge in [-0.05, 0) is 54.4 Å². The van der Waals surface area contributed by atoms with Crippen LogP contribution in [0.1, 0.15) is 30.2 Å². The molecule has 3 aromatic rings. The quantitative estimate of drug-likeness (QED) is 0.374. The minimum atomic E-state index is 0.300. The SMILES string of the molecule is C=C(c1ccc(-c2nc(C3CCOCC3)oc2Sc2ccc(Cl)cc2)cc1)N1CCSC1. The lowest BCUT2D eigenvalue weighted by molar-refractivity contribution is 0.0786. The zero-order valence-electron chi connectivity index (χ0n) is 17.8. The molecular formula is C25H25ClN2O2S2. The third-order valence-corrected chi connectivity index (χ3v) is 8.02. The van der Waals surface area contributed by atoms with Crippen molar-refractivity contribution in [2.45, 2.75) is 28.7 Å². The Labute approximate surface area is 202 Å². The summed E-state index contributed by atoms with van der Waals surface area (Å²) in [6.07, 6.45) is 1.88. The minimum Gasteiger partial charge on any atom is -0.433 e. The number of aromatic nitrogens is 1. The van der Waals surface area contributed by atoms with Crippen LogP contribution in [0.5, 0.6) is 0 Å². The molecular weight excluding hydrogens is 460 g/mol. The fraction of sp³-hybridized carbons (Fsp3) is 0.320. The predicted molar refractivity (Wildman–Crippen MR) is 133 cm³/mol. The summed E-state index contributed by atoms with van der Waals surface area (Å²) in [5.41, 5.74) is 4.17. The molecule has 0 aliphatic carbocycles. The summed E-state index contributed by atoms with van der Waals surface area (Å²) in [7, 11) is 0. The van der Waals surface area contributed by atoms with Crippen molar-refractivity contribution in [3.8, 4) is 11.3 Å². The van der Waals surface area contributed by atoms with Crippen LogP contribution in [0.15, 0.2) is 69.5 Å². The monoisotopic (exact) mass is 484 g/mol. The van der Waals surface area contributed by atoms with Crippen LogP contribution in [0.3, 0.4) is 0 Å². The molecule has 2 aliphatic heterocycles. The van der Waals surface area contributed by atoms with Crippen LogP contribution < -0.4 is 0 Å². The highest BCUT2D eigenvalue weighted by Gasteiger charge is 2.25. The molecule has 0 unspecified atom stereocenters. The predicted octanol–water partition coefficient (Wildman–Crippen LogP) is 7.02. The van der Waals surface area contributed by atoms with Crippen LogP contribution in [0.25, 0.3) is 17.0 Å². The maximum absolute atomic E-state index is 6.34. The summed E-state index contributed by atoms with van der Waals surface area (Å²) in [6.45, 7) is 6.88. The van der Waals surface area contributed by atoms with E-state index in [0.29, 0.717) is 5.92 Å². The number of hydrogen-bond acceptors (Lipinski definition) is 6. The Kier molecular flexibility index (Phi) is 6.83. The van der Waals surface area contributed by atoms with Crippen molar-refractivity contribution in [2.24, 2.45) is 0 Å². The molecule has 0 radical (unpaired) electrons. The van der Waals surface area contributed by atoms with Crippen LogP contribution in [-0.2, 0) is 4.74 Å². The summed E-state index contributed by atoms with van der Waals surface area (Å²) in [4.78, 5) is 8.37. The van der Waals surface area contributed by atoms with Gasteiger partial charge in [0.2, 0.25) is 0 Å². The zero-order chi connectivity index (χ0) is 21.9. The van der Waals surface area contributed by atoms with Gasteiger partial charge in [0.05, 0.1) is 5.88 Å². The van der Waals surface area contributed by atoms with E-state index >= 15 is 0 Å². The van der Waals surface area contributed by atoms with Crippen molar-refractivity contribution in [2.75, 3.05) is 31.4 Å².